The van der Waals surface area contributed by atoms with Crippen molar-refractivity contribution in [2.45, 2.75) is 6.54 Å². The fraction of sp³-hybridized carbons (Fsp3) is 0.167. The maximum absolute atomic E-state index is 12.7. The molecule has 0 unspecified atom stereocenters. The summed E-state index contributed by atoms with van der Waals surface area (Å²) < 4.78 is 5.23. The molecule has 1 aliphatic heterocycles. The van der Waals surface area contributed by atoms with Crippen molar-refractivity contribution in [1.29, 1.82) is 0 Å². The van der Waals surface area contributed by atoms with E-state index in [2.05, 4.69) is 0 Å². The fourth-order valence-corrected chi connectivity index (χ4v) is 2.77. The van der Waals surface area contributed by atoms with Crippen LogP contribution in [-0.4, -0.2) is 41.6 Å². The SMILES string of the molecule is COc1ccccc1N1C(=O)CN(Cc2ccc(C(=O)NO)cc2)C1=O. The van der Waals surface area contributed by atoms with E-state index in [0.717, 1.165) is 10.5 Å². The Bertz CT molecular complexity index is 850. The number of para-hydroxylation sites is 2. The second kappa shape index (κ2) is 7.24. The van der Waals surface area contributed by atoms with Crippen LogP contribution >= 0.6 is 0 Å². The van der Waals surface area contributed by atoms with Gasteiger partial charge in [0, 0.05) is 12.1 Å². The lowest BCUT2D eigenvalue weighted by atomic mass is 10.1. The van der Waals surface area contributed by atoms with Gasteiger partial charge in [-0.05, 0) is 29.8 Å². The van der Waals surface area contributed by atoms with Gasteiger partial charge in [0.15, 0.2) is 0 Å². The molecule has 0 atom stereocenters. The van der Waals surface area contributed by atoms with Crippen LogP contribution in [0, 0.1) is 0 Å². The van der Waals surface area contributed by atoms with Gasteiger partial charge >= 0.3 is 6.03 Å². The quantitative estimate of drug-likeness (QED) is 0.484. The first-order valence-electron chi connectivity index (χ1n) is 7.83. The number of amides is 4. The molecule has 1 fully saturated rings. The highest BCUT2D eigenvalue weighted by Gasteiger charge is 2.38. The number of anilines is 1. The molecule has 2 aromatic carbocycles. The molecule has 2 N–H and O–H groups in total. The van der Waals surface area contributed by atoms with Crippen molar-refractivity contribution in [3.63, 3.8) is 0 Å². The zero-order valence-corrected chi connectivity index (χ0v) is 14.0. The minimum atomic E-state index is -0.619. The highest BCUT2D eigenvalue weighted by molar-refractivity contribution is 6.20. The van der Waals surface area contributed by atoms with Crippen LogP contribution in [0.4, 0.5) is 10.5 Å². The van der Waals surface area contributed by atoms with E-state index < -0.39 is 11.9 Å². The molecule has 1 heterocycles. The van der Waals surface area contributed by atoms with E-state index in [1.165, 1.54) is 24.1 Å². The molecular formula is C18H17N3O5. The molecule has 26 heavy (non-hydrogen) atoms. The Morgan fingerprint density at radius 2 is 1.85 bits per heavy atom. The molecule has 0 spiro atoms. The summed E-state index contributed by atoms with van der Waals surface area (Å²) in [7, 11) is 1.48. The number of hydrogen-bond donors (Lipinski definition) is 2. The molecule has 3 rings (SSSR count). The van der Waals surface area contributed by atoms with Crippen LogP contribution in [0.3, 0.4) is 0 Å². The number of hydrogen-bond acceptors (Lipinski definition) is 5. The van der Waals surface area contributed by atoms with Crippen LogP contribution in [0.15, 0.2) is 48.5 Å². The lowest BCUT2D eigenvalue weighted by Crippen LogP contribution is -2.33. The summed E-state index contributed by atoms with van der Waals surface area (Å²) in [5, 5.41) is 8.63. The van der Waals surface area contributed by atoms with Crippen molar-refractivity contribution >= 4 is 23.5 Å². The molecular weight excluding hydrogens is 338 g/mol. The minimum Gasteiger partial charge on any atom is -0.495 e. The number of hydroxylamine groups is 1. The van der Waals surface area contributed by atoms with Crippen molar-refractivity contribution in [2.24, 2.45) is 0 Å². The van der Waals surface area contributed by atoms with E-state index in [1.807, 2.05) is 0 Å². The Kier molecular flexibility index (Phi) is 4.85. The Balaban J connectivity index is 1.78. The third-order valence-corrected chi connectivity index (χ3v) is 4.05. The van der Waals surface area contributed by atoms with Gasteiger partial charge < -0.3 is 9.64 Å². The summed E-state index contributed by atoms with van der Waals surface area (Å²) in [5.41, 5.74) is 3.00. The summed E-state index contributed by atoms with van der Waals surface area (Å²) >= 11 is 0. The van der Waals surface area contributed by atoms with E-state index in [1.54, 1.807) is 41.9 Å². The molecule has 1 aliphatic rings. The number of urea groups is 1. The molecule has 1 saturated heterocycles. The number of carbonyl (C=O) groups excluding carboxylic acids is 3. The van der Waals surface area contributed by atoms with Gasteiger partial charge in [0.25, 0.3) is 11.8 Å². The van der Waals surface area contributed by atoms with Crippen molar-refractivity contribution in [2.75, 3.05) is 18.6 Å². The van der Waals surface area contributed by atoms with E-state index in [4.69, 9.17) is 9.94 Å². The molecule has 0 saturated carbocycles. The van der Waals surface area contributed by atoms with E-state index >= 15 is 0 Å². The van der Waals surface area contributed by atoms with Crippen LogP contribution in [0.5, 0.6) is 5.75 Å². The molecule has 4 amide bonds. The topological polar surface area (TPSA) is 99.2 Å². The lowest BCUT2D eigenvalue weighted by molar-refractivity contribution is -0.116. The summed E-state index contributed by atoms with van der Waals surface area (Å²) in [6, 6.07) is 12.8. The number of nitrogens with zero attached hydrogens (tertiary/aromatic N) is 2. The molecule has 0 aliphatic carbocycles. The van der Waals surface area contributed by atoms with Crippen LogP contribution in [0.25, 0.3) is 0 Å². The number of imide groups is 1. The van der Waals surface area contributed by atoms with Crippen LogP contribution in [-0.2, 0) is 11.3 Å². The van der Waals surface area contributed by atoms with Gasteiger partial charge in [0.2, 0.25) is 0 Å². The smallest absolute Gasteiger partial charge is 0.332 e. The Labute approximate surface area is 149 Å². The standard InChI is InChI=1S/C18H17N3O5/c1-26-15-5-3-2-4-14(15)21-16(22)11-20(18(21)24)10-12-6-8-13(9-7-12)17(23)19-25/h2-9,25H,10-11H2,1H3,(H,19,23). The van der Waals surface area contributed by atoms with Crippen LogP contribution in [0.2, 0.25) is 0 Å². The second-order valence-corrected chi connectivity index (χ2v) is 5.68. The Morgan fingerprint density at radius 3 is 2.50 bits per heavy atom. The van der Waals surface area contributed by atoms with Gasteiger partial charge in [-0.15, -0.1) is 0 Å². The largest absolute Gasteiger partial charge is 0.495 e. The average molecular weight is 355 g/mol. The van der Waals surface area contributed by atoms with Crippen molar-refractivity contribution in [1.82, 2.24) is 10.4 Å². The van der Waals surface area contributed by atoms with Gasteiger partial charge in [-0.3, -0.25) is 14.8 Å². The average Bonchev–Trinajstić information content (AvgIpc) is 2.94. The van der Waals surface area contributed by atoms with E-state index in [9.17, 15) is 14.4 Å². The highest BCUT2D eigenvalue weighted by atomic mass is 16.5. The first-order valence-corrected chi connectivity index (χ1v) is 7.83. The summed E-state index contributed by atoms with van der Waals surface area (Å²) in [6.07, 6.45) is 0. The van der Waals surface area contributed by atoms with Crippen molar-refractivity contribution in [3.8, 4) is 5.75 Å². The monoisotopic (exact) mass is 355 g/mol. The molecule has 0 radical (unpaired) electrons. The van der Waals surface area contributed by atoms with Gasteiger partial charge in [-0.25, -0.2) is 15.2 Å². The molecule has 8 heteroatoms. The maximum Gasteiger partial charge on any atom is 0.332 e. The van der Waals surface area contributed by atoms with E-state index in [0.29, 0.717) is 11.4 Å². The Hall–Kier alpha value is -3.39. The lowest BCUT2D eigenvalue weighted by Gasteiger charge is -2.19. The summed E-state index contributed by atoms with van der Waals surface area (Å²) in [4.78, 5) is 38.9. The van der Waals surface area contributed by atoms with E-state index in [-0.39, 0.29) is 24.6 Å². The number of ether oxygens (including phenoxy) is 1. The van der Waals surface area contributed by atoms with Gasteiger partial charge in [-0.2, -0.15) is 0 Å². The zero-order valence-electron chi connectivity index (χ0n) is 14.0. The molecule has 0 bridgehead atoms. The van der Waals surface area contributed by atoms with Crippen LogP contribution < -0.4 is 15.1 Å². The summed E-state index contributed by atoms with van der Waals surface area (Å²) in [6.45, 7) is 0.174. The second-order valence-electron chi connectivity index (χ2n) is 5.68. The van der Waals surface area contributed by atoms with Crippen LogP contribution in [0.1, 0.15) is 15.9 Å². The molecule has 0 aromatic heterocycles. The number of nitrogens with one attached hydrogen (secondary N) is 1. The predicted octanol–water partition coefficient (Wildman–Crippen LogP) is 1.78. The number of rotatable bonds is 5. The number of benzene rings is 2. The third-order valence-electron chi connectivity index (χ3n) is 4.05. The number of carbonyl (C=O) groups is 3. The highest BCUT2D eigenvalue weighted by Crippen LogP contribution is 2.31. The third kappa shape index (κ3) is 3.22. The van der Waals surface area contributed by atoms with Crippen molar-refractivity contribution < 1.29 is 24.3 Å². The predicted molar refractivity (Wildman–Crippen MR) is 92.0 cm³/mol. The minimum absolute atomic E-state index is 0.0459. The molecule has 8 nitrogen and oxygen atoms in total. The molecule has 2 aromatic rings. The number of methoxy groups -OCH3 is 1. The van der Waals surface area contributed by atoms with Gasteiger partial charge in [-0.1, -0.05) is 24.3 Å². The first-order chi connectivity index (χ1) is 12.5. The van der Waals surface area contributed by atoms with Gasteiger partial charge in [0.05, 0.1) is 12.8 Å². The summed E-state index contributed by atoms with van der Waals surface area (Å²) in [5.74, 6) is -0.516. The fourth-order valence-electron chi connectivity index (χ4n) is 2.77. The molecule has 134 valence electrons. The Morgan fingerprint density at radius 1 is 1.15 bits per heavy atom. The zero-order chi connectivity index (χ0) is 18.7. The van der Waals surface area contributed by atoms with Crippen molar-refractivity contribution in [3.05, 3.63) is 59.7 Å². The maximum atomic E-state index is 12.7. The normalized spacial score (nSPS) is 13.9. The first kappa shape index (κ1) is 17.4. The van der Waals surface area contributed by atoms with Gasteiger partial charge in [0.1, 0.15) is 12.3 Å².